The van der Waals surface area contributed by atoms with E-state index in [2.05, 4.69) is 41.2 Å². The Bertz CT molecular complexity index is 1250. The van der Waals surface area contributed by atoms with Crippen molar-refractivity contribution in [3.63, 3.8) is 0 Å². The van der Waals surface area contributed by atoms with Crippen molar-refractivity contribution < 1.29 is 22.5 Å². The van der Waals surface area contributed by atoms with E-state index in [1.54, 1.807) is 28.7 Å². The van der Waals surface area contributed by atoms with E-state index in [1.807, 2.05) is 23.8 Å². The van der Waals surface area contributed by atoms with Gasteiger partial charge in [-0.1, -0.05) is 44.3 Å². The maximum Gasteiger partial charge on any atom is 0.416 e. The maximum atomic E-state index is 13.1. The van der Waals surface area contributed by atoms with Gasteiger partial charge >= 0.3 is 12.1 Å². The molecule has 0 radical (unpaired) electrons. The Kier molecular flexibility index (Phi) is 6.39. The molecule has 4 nitrogen and oxygen atoms in total. The number of hydrogen-bond acceptors (Lipinski definition) is 4. The minimum absolute atomic E-state index is 0.337. The molecule has 0 fully saturated rings. The molecule has 0 atom stereocenters. The molecule has 0 saturated carbocycles. The second-order valence-electron chi connectivity index (χ2n) is 7.27. The van der Waals surface area contributed by atoms with Crippen molar-refractivity contribution >= 4 is 32.6 Å². The molecule has 0 amide bonds. The molecule has 0 aliphatic carbocycles. The summed E-state index contributed by atoms with van der Waals surface area (Å²) in [5, 5.41) is 0. The molecule has 32 heavy (non-hydrogen) atoms. The Labute approximate surface area is 191 Å². The summed E-state index contributed by atoms with van der Waals surface area (Å²) in [5.41, 5.74) is 3.21. The molecule has 0 unspecified atom stereocenters. The minimum Gasteiger partial charge on any atom is -0.496 e. The molecule has 9 heteroatoms. The smallest absolute Gasteiger partial charge is 0.416 e. The third-order valence-electron chi connectivity index (χ3n) is 5.08. The fourth-order valence-electron chi connectivity index (χ4n) is 3.31. The van der Waals surface area contributed by atoms with Crippen LogP contribution in [-0.2, 0) is 11.9 Å². The number of H-pyrrole nitrogens is 1. The normalized spacial score (nSPS) is 11.8. The number of methoxy groups -OCH3 is 1. The first-order valence-corrected chi connectivity index (χ1v) is 12.1. The zero-order valence-corrected chi connectivity index (χ0v) is 19.3. The van der Waals surface area contributed by atoms with Crippen LogP contribution in [0.3, 0.4) is 0 Å². The Morgan fingerprint density at radius 3 is 2.50 bits per heavy atom. The van der Waals surface area contributed by atoms with Crippen LogP contribution in [0.4, 0.5) is 13.2 Å². The number of aromatic amines is 1. The predicted octanol–water partition coefficient (Wildman–Crippen LogP) is 6.42. The molecule has 2 aromatic carbocycles. The number of benzene rings is 2. The molecule has 2 aromatic heterocycles. The van der Waals surface area contributed by atoms with Gasteiger partial charge in [0.05, 0.1) is 24.6 Å². The van der Waals surface area contributed by atoms with E-state index >= 15 is 0 Å². The van der Waals surface area contributed by atoms with Crippen LogP contribution < -0.4 is 9.30 Å². The zero-order valence-electron chi connectivity index (χ0n) is 17.7. The average Bonchev–Trinajstić information content (AvgIpc) is 3.18. The largest absolute Gasteiger partial charge is 0.496 e. The predicted molar refractivity (Wildman–Crippen MR) is 122 cm³/mol. The summed E-state index contributed by atoms with van der Waals surface area (Å²) in [6.07, 6.45) is -2.58. The molecule has 0 aliphatic heterocycles. The fraction of sp³-hybridized carbons (Fsp3) is 0.217. The van der Waals surface area contributed by atoms with E-state index in [-0.39, 0.29) is 0 Å². The lowest BCUT2D eigenvalue weighted by Crippen LogP contribution is -2.37. The van der Waals surface area contributed by atoms with Crippen molar-refractivity contribution in [3.05, 3.63) is 77.1 Å². The van der Waals surface area contributed by atoms with Crippen LogP contribution in [0, 0.1) is 13.8 Å². The molecule has 166 valence electrons. The van der Waals surface area contributed by atoms with E-state index < -0.39 is 11.7 Å². The maximum absolute atomic E-state index is 13.1. The van der Waals surface area contributed by atoms with Crippen molar-refractivity contribution in [1.82, 2.24) is 9.97 Å². The lowest BCUT2D eigenvalue weighted by atomic mass is 10.2. The number of halogens is 3. The van der Waals surface area contributed by atoms with Gasteiger partial charge in [0.1, 0.15) is 17.0 Å². The molecule has 4 rings (SSSR count). The first-order chi connectivity index (χ1) is 15.3. The van der Waals surface area contributed by atoms with E-state index in [4.69, 9.17) is 4.74 Å². The Balaban J connectivity index is 1.67. The number of aryl methyl sites for hydroxylation is 1. The van der Waals surface area contributed by atoms with Crippen LogP contribution in [0.5, 0.6) is 5.75 Å². The van der Waals surface area contributed by atoms with Crippen LogP contribution in [0.25, 0.3) is 17.0 Å². The first kappa shape index (κ1) is 22.5. The van der Waals surface area contributed by atoms with Crippen molar-refractivity contribution in [2.75, 3.05) is 7.11 Å². The molecule has 0 bridgehead atoms. The van der Waals surface area contributed by atoms with E-state index in [0.29, 0.717) is 22.7 Å². The molecular weight excluding hydrogens is 455 g/mol. The average molecular weight is 477 g/mol. The number of hydrogen-bond donors (Lipinski definition) is 1. The standard InChI is InChI=1S/C23H21F3N3OS2/c1-14-4-7-17(8-5-14)32-31-13-20-15(2)21(30-3)10-11-29(20)22-27-18-9-6-16(23(24,25)26)12-19(18)28-22/h4-12H,13H2,1-3H3,(H,27,28)/q+1. The van der Waals surface area contributed by atoms with Gasteiger partial charge in [-0.2, -0.15) is 13.2 Å². The van der Waals surface area contributed by atoms with Gasteiger partial charge in [-0.25, -0.2) is 9.55 Å². The van der Waals surface area contributed by atoms with Gasteiger partial charge in [0, 0.05) is 16.5 Å². The number of ether oxygens (including phenoxy) is 1. The highest BCUT2D eigenvalue weighted by Crippen LogP contribution is 2.35. The highest BCUT2D eigenvalue weighted by atomic mass is 33.1. The number of aromatic nitrogens is 3. The zero-order chi connectivity index (χ0) is 22.9. The lowest BCUT2D eigenvalue weighted by Gasteiger charge is -2.12. The Morgan fingerprint density at radius 1 is 1.06 bits per heavy atom. The summed E-state index contributed by atoms with van der Waals surface area (Å²) in [7, 11) is 4.95. The number of fused-ring (bicyclic) bond motifs is 1. The topological polar surface area (TPSA) is 41.8 Å². The number of nitrogens with one attached hydrogen (secondary N) is 1. The molecule has 0 saturated heterocycles. The van der Waals surface area contributed by atoms with Crippen LogP contribution in [0.1, 0.15) is 22.4 Å². The summed E-state index contributed by atoms with van der Waals surface area (Å²) < 4.78 is 46.6. The summed E-state index contributed by atoms with van der Waals surface area (Å²) in [6.45, 7) is 4.02. The highest BCUT2D eigenvalue weighted by Gasteiger charge is 2.31. The van der Waals surface area contributed by atoms with Gasteiger partial charge in [-0.05, 0) is 44.2 Å². The molecular formula is C23H21F3N3OS2+. The van der Waals surface area contributed by atoms with E-state index in [9.17, 15) is 13.2 Å². The van der Waals surface area contributed by atoms with Gasteiger partial charge in [0.25, 0.3) is 0 Å². The number of nitrogens with zero attached hydrogens (tertiary/aromatic N) is 2. The number of imidazole rings is 1. The molecule has 0 aliphatic rings. The van der Waals surface area contributed by atoms with Gasteiger partial charge < -0.3 is 4.74 Å². The minimum atomic E-state index is -4.40. The van der Waals surface area contributed by atoms with Crippen molar-refractivity contribution in [1.29, 1.82) is 0 Å². The SMILES string of the molecule is COc1cc[n+](-c2nc3ccc(C(F)(F)F)cc3[nH]2)c(CSSc2ccc(C)cc2)c1C. The third-order valence-corrected chi connectivity index (χ3v) is 7.34. The van der Waals surface area contributed by atoms with Gasteiger partial charge in [0.15, 0.2) is 5.52 Å². The second kappa shape index (κ2) is 9.07. The van der Waals surface area contributed by atoms with Crippen LogP contribution >= 0.6 is 21.6 Å². The Hall–Kier alpha value is -2.65. The third kappa shape index (κ3) is 4.73. The fourth-order valence-corrected chi connectivity index (χ4v) is 5.47. The molecule has 4 aromatic rings. The number of alkyl halides is 3. The molecule has 0 spiro atoms. The summed E-state index contributed by atoms with van der Waals surface area (Å²) in [5.74, 6) is 1.85. The van der Waals surface area contributed by atoms with E-state index in [1.165, 1.54) is 11.6 Å². The van der Waals surface area contributed by atoms with Crippen LogP contribution in [0.2, 0.25) is 0 Å². The molecule has 2 heterocycles. The van der Waals surface area contributed by atoms with E-state index in [0.717, 1.165) is 34.0 Å². The second-order valence-corrected chi connectivity index (χ2v) is 9.64. The van der Waals surface area contributed by atoms with Crippen LogP contribution in [0.15, 0.2) is 59.6 Å². The number of pyridine rings is 1. The highest BCUT2D eigenvalue weighted by molar-refractivity contribution is 8.76. The molecule has 1 N–H and O–H groups in total. The summed E-state index contributed by atoms with van der Waals surface area (Å²) in [6, 6.07) is 13.7. The lowest BCUT2D eigenvalue weighted by molar-refractivity contribution is -0.610. The van der Waals surface area contributed by atoms with Crippen molar-refractivity contribution in [3.8, 4) is 11.7 Å². The Morgan fingerprint density at radius 2 is 1.81 bits per heavy atom. The van der Waals surface area contributed by atoms with Crippen molar-refractivity contribution in [2.45, 2.75) is 30.7 Å². The first-order valence-electron chi connectivity index (χ1n) is 9.78. The monoisotopic (exact) mass is 476 g/mol. The van der Waals surface area contributed by atoms with Crippen LogP contribution in [-0.4, -0.2) is 17.1 Å². The van der Waals surface area contributed by atoms with Gasteiger partial charge in [0.2, 0.25) is 0 Å². The van der Waals surface area contributed by atoms with Gasteiger partial charge in [-0.3, -0.25) is 0 Å². The quantitative estimate of drug-likeness (QED) is 0.257. The van der Waals surface area contributed by atoms with Gasteiger partial charge in [-0.15, -0.1) is 0 Å². The summed E-state index contributed by atoms with van der Waals surface area (Å²) in [4.78, 5) is 8.71. The number of rotatable bonds is 6. The van der Waals surface area contributed by atoms with Crippen molar-refractivity contribution in [2.24, 2.45) is 0 Å². The summed E-state index contributed by atoms with van der Waals surface area (Å²) >= 11 is 0.